The van der Waals surface area contributed by atoms with Crippen molar-refractivity contribution in [3.8, 4) is 11.5 Å². The van der Waals surface area contributed by atoms with Gasteiger partial charge in [0.1, 0.15) is 5.76 Å². The zero-order valence-electron chi connectivity index (χ0n) is 13.1. The molecule has 22 heavy (non-hydrogen) atoms. The molecule has 0 radical (unpaired) electrons. The number of nitrogens with zero attached hydrogens (tertiary/aromatic N) is 2. The molecule has 1 aliphatic heterocycles. The monoisotopic (exact) mass is 318 g/mol. The van der Waals surface area contributed by atoms with Crippen LogP contribution in [0.4, 0.5) is 0 Å². The summed E-state index contributed by atoms with van der Waals surface area (Å²) >= 11 is 1.72. The van der Waals surface area contributed by atoms with Gasteiger partial charge in [-0.1, -0.05) is 0 Å². The second-order valence-electron chi connectivity index (χ2n) is 5.78. The Labute approximate surface area is 135 Å². The van der Waals surface area contributed by atoms with Crippen molar-refractivity contribution in [2.24, 2.45) is 0 Å². The molecule has 0 aliphatic carbocycles. The smallest absolute Gasteiger partial charge is 0.226 e. The minimum absolute atomic E-state index is 0.209. The van der Waals surface area contributed by atoms with Gasteiger partial charge in [0.05, 0.1) is 11.8 Å². The lowest BCUT2D eigenvalue weighted by molar-refractivity contribution is 0.0660. The number of rotatable bonds is 4. The van der Waals surface area contributed by atoms with Crippen LogP contribution in [0.1, 0.15) is 24.3 Å². The minimum atomic E-state index is -0.209. The first kappa shape index (κ1) is 15.6. The summed E-state index contributed by atoms with van der Waals surface area (Å²) in [7, 11) is 0. The predicted molar refractivity (Wildman–Crippen MR) is 89.0 cm³/mol. The van der Waals surface area contributed by atoms with E-state index in [4.69, 9.17) is 4.42 Å². The second kappa shape index (κ2) is 6.86. The number of aryl methyl sites for hydroxylation is 1. The molecular weight excluding hydrogens is 296 g/mol. The highest BCUT2D eigenvalue weighted by Gasteiger charge is 2.20. The van der Waals surface area contributed by atoms with Crippen LogP contribution in [0.25, 0.3) is 11.5 Å². The van der Waals surface area contributed by atoms with Gasteiger partial charge in [0.25, 0.3) is 0 Å². The van der Waals surface area contributed by atoms with E-state index in [0.717, 1.165) is 49.5 Å². The van der Waals surface area contributed by atoms with Gasteiger partial charge in [-0.15, -0.1) is 11.8 Å². The molecule has 1 N–H and O–H groups in total. The van der Waals surface area contributed by atoms with E-state index >= 15 is 0 Å². The number of oxazole rings is 1. The van der Waals surface area contributed by atoms with Gasteiger partial charge < -0.3 is 9.52 Å². The number of likely N-dealkylation sites (tertiary alicyclic amines) is 1. The molecule has 5 heteroatoms. The van der Waals surface area contributed by atoms with Crippen molar-refractivity contribution >= 4 is 11.8 Å². The molecule has 4 nitrogen and oxygen atoms in total. The molecule has 2 heterocycles. The molecule has 0 unspecified atom stereocenters. The van der Waals surface area contributed by atoms with Crippen molar-refractivity contribution in [3.63, 3.8) is 0 Å². The third kappa shape index (κ3) is 3.54. The Kier molecular flexibility index (Phi) is 4.86. The summed E-state index contributed by atoms with van der Waals surface area (Å²) in [5, 5.41) is 9.77. The second-order valence-corrected chi connectivity index (χ2v) is 6.66. The fourth-order valence-corrected chi connectivity index (χ4v) is 3.23. The lowest BCUT2D eigenvalue weighted by atomic mass is 10.1. The van der Waals surface area contributed by atoms with Gasteiger partial charge in [-0.05, 0) is 56.8 Å². The number of piperidine rings is 1. The van der Waals surface area contributed by atoms with E-state index in [2.05, 4.69) is 28.3 Å². The maximum atomic E-state index is 9.77. The SMILES string of the molecule is CSc1ccc(-c2nc(CN3CCC[C@H](O)C3)c(C)o2)cc1. The molecule has 0 amide bonds. The first-order chi connectivity index (χ1) is 10.7. The number of hydrogen-bond acceptors (Lipinski definition) is 5. The van der Waals surface area contributed by atoms with Crippen LogP contribution in [0.3, 0.4) is 0 Å². The Bertz CT molecular complexity index is 624. The summed E-state index contributed by atoms with van der Waals surface area (Å²) in [6.07, 6.45) is 3.80. The number of aliphatic hydroxyl groups is 1. The van der Waals surface area contributed by atoms with Crippen LogP contribution in [-0.2, 0) is 6.54 Å². The molecule has 3 rings (SSSR count). The summed E-state index contributed by atoms with van der Waals surface area (Å²) in [5.74, 6) is 1.54. The van der Waals surface area contributed by atoms with E-state index in [0.29, 0.717) is 5.89 Å². The minimum Gasteiger partial charge on any atom is -0.441 e. The Morgan fingerprint density at radius 2 is 2.14 bits per heavy atom. The molecule has 1 aromatic heterocycles. The highest BCUT2D eigenvalue weighted by molar-refractivity contribution is 7.98. The quantitative estimate of drug-likeness (QED) is 0.876. The van der Waals surface area contributed by atoms with Gasteiger partial charge in [-0.3, -0.25) is 4.90 Å². The van der Waals surface area contributed by atoms with Crippen molar-refractivity contribution < 1.29 is 9.52 Å². The van der Waals surface area contributed by atoms with Crippen LogP contribution in [0.15, 0.2) is 33.6 Å². The number of aliphatic hydroxyl groups excluding tert-OH is 1. The summed E-state index contributed by atoms with van der Waals surface area (Å²) in [5.41, 5.74) is 1.98. The van der Waals surface area contributed by atoms with Gasteiger partial charge in [0.15, 0.2) is 0 Å². The number of benzene rings is 1. The Morgan fingerprint density at radius 3 is 2.82 bits per heavy atom. The van der Waals surface area contributed by atoms with Crippen LogP contribution in [-0.4, -0.2) is 40.4 Å². The van der Waals surface area contributed by atoms with Crippen molar-refractivity contribution in [3.05, 3.63) is 35.7 Å². The molecule has 1 aromatic carbocycles. The van der Waals surface area contributed by atoms with E-state index in [1.165, 1.54) is 4.90 Å². The summed E-state index contributed by atoms with van der Waals surface area (Å²) in [6, 6.07) is 8.26. The van der Waals surface area contributed by atoms with Gasteiger partial charge >= 0.3 is 0 Å². The van der Waals surface area contributed by atoms with Crippen molar-refractivity contribution in [2.45, 2.75) is 37.3 Å². The van der Waals surface area contributed by atoms with Gasteiger partial charge in [-0.25, -0.2) is 4.98 Å². The molecule has 0 bridgehead atoms. The largest absolute Gasteiger partial charge is 0.441 e. The number of aromatic nitrogens is 1. The summed E-state index contributed by atoms with van der Waals surface area (Å²) in [4.78, 5) is 8.14. The first-order valence-corrected chi connectivity index (χ1v) is 8.89. The van der Waals surface area contributed by atoms with Gasteiger partial charge in [0.2, 0.25) is 5.89 Å². The average Bonchev–Trinajstić information content (AvgIpc) is 2.88. The number of hydrogen-bond donors (Lipinski definition) is 1. The van der Waals surface area contributed by atoms with E-state index in [-0.39, 0.29) is 6.10 Å². The van der Waals surface area contributed by atoms with Crippen LogP contribution >= 0.6 is 11.8 Å². The summed E-state index contributed by atoms with van der Waals surface area (Å²) < 4.78 is 5.84. The van der Waals surface area contributed by atoms with E-state index in [1.54, 1.807) is 11.8 Å². The normalized spacial score (nSPS) is 19.5. The molecule has 118 valence electrons. The molecule has 2 aromatic rings. The molecule has 1 aliphatic rings. The van der Waals surface area contributed by atoms with Crippen molar-refractivity contribution in [2.75, 3.05) is 19.3 Å². The van der Waals surface area contributed by atoms with Crippen molar-refractivity contribution in [1.82, 2.24) is 9.88 Å². The van der Waals surface area contributed by atoms with E-state index < -0.39 is 0 Å². The highest BCUT2D eigenvalue weighted by Crippen LogP contribution is 2.25. The van der Waals surface area contributed by atoms with Crippen LogP contribution in [0.2, 0.25) is 0 Å². The van der Waals surface area contributed by atoms with Crippen LogP contribution < -0.4 is 0 Å². The zero-order valence-corrected chi connectivity index (χ0v) is 13.9. The number of β-amino-alcohol motifs (C(OH)–C–C–N with tert-alkyl or cyclic N) is 1. The van der Waals surface area contributed by atoms with Crippen LogP contribution in [0, 0.1) is 6.92 Å². The van der Waals surface area contributed by atoms with E-state index in [1.807, 2.05) is 19.1 Å². The van der Waals surface area contributed by atoms with Gasteiger partial charge in [-0.2, -0.15) is 0 Å². The molecule has 1 saturated heterocycles. The third-order valence-electron chi connectivity index (χ3n) is 4.08. The molecular formula is C17H22N2O2S. The first-order valence-electron chi connectivity index (χ1n) is 7.67. The number of thioether (sulfide) groups is 1. The fraction of sp³-hybridized carbons (Fsp3) is 0.471. The molecule has 0 spiro atoms. The Morgan fingerprint density at radius 1 is 1.36 bits per heavy atom. The predicted octanol–water partition coefficient (Wildman–Crippen LogP) is 3.33. The maximum absolute atomic E-state index is 9.77. The molecule has 1 fully saturated rings. The Hall–Kier alpha value is -1.30. The van der Waals surface area contributed by atoms with Gasteiger partial charge in [0, 0.05) is 23.5 Å². The van der Waals surface area contributed by atoms with Crippen LogP contribution in [0.5, 0.6) is 0 Å². The topological polar surface area (TPSA) is 49.5 Å². The maximum Gasteiger partial charge on any atom is 0.226 e. The molecule has 0 saturated carbocycles. The lowest BCUT2D eigenvalue weighted by Crippen LogP contribution is -2.37. The highest BCUT2D eigenvalue weighted by atomic mass is 32.2. The Balaban J connectivity index is 1.75. The average molecular weight is 318 g/mol. The van der Waals surface area contributed by atoms with E-state index in [9.17, 15) is 5.11 Å². The fourth-order valence-electron chi connectivity index (χ4n) is 2.82. The standard InChI is InChI=1S/C17H22N2O2S/c1-12-16(11-19-9-3-4-14(20)10-19)18-17(21-12)13-5-7-15(22-2)8-6-13/h5-8,14,20H,3-4,9-11H2,1-2H3/t14-/m0/s1. The zero-order chi connectivity index (χ0) is 15.5. The lowest BCUT2D eigenvalue weighted by Gasteiger charge is -2.29. The summed E-state index contributed by atoms with van der Waals surface area (Å²) in [6.45, 7) is 4.45. The van der Waals surface area contributed by atoms with Crippen molar-refractivity contribution in [1.29, 1.82) is 0 Å². The molecule has 1 atom stereocenters. The third-order valence-corrected chi connectivity index (χ3v) is 4.83.